The quantitative estimate of drug-likeness (QED) is 0.737. The van der Waals surface area contributed by atoms with Crippen molar-refractivity contribution in [3.8, 4) is 0 Å². The van der Waals surface area contributed by atoms with Crippen molar-refractivity contribution in [1.29, 1.82) is 0 Å². The topological polar surface area (TPSA) is 35.0 Å². The van der Waals surface area contributed by atoms with Crippen LogP contribution in [0.25, 0.3) is 0 Å². The Labute approximate surface area is 87.1 Å². The molecule has 0 fully saturated rings. The third-order valence-corrected chi connectivity index (χ3v) is 1.50. The molecule has 0 atom stereocenters. The summed E-state index contributed by atoms with van der Waals surface area (Å²) in [5.74, 6) is 0. The van der Waals surface area contributed by atoms with Gasteiger partial charge < -0.3 is 10.6 Å². The summed E-state index contributed by atoms with van der Waals surface area (Å²) in [7, 11) is 6.60. The van der Waals surface area contributed by atoms with Crippen molar-refractivity contribution in [3.05, 3.63) is 35.9 Å². The van der Waals surface area contributed by atoms with E-state index in [4.69, 9.17) is 0 Å². The Morgan fingerprint density at radius 3 is 1.85 bits per heavy atom. The first-order valence-electron chi connectivity index (χ1n) is 3.92. The lowest BCUT2D eigenvalue weighted by Crippen LogP contribution is -2.33. The van der Waals surface area contributed by atoms with Crippen molar-refractivity contribution in [2.45, 2.75) is 6.54 Å². The van der Waals surface area contributed by atoms with E-state index in [0.717, 1.165) is 11.0 Å². The van der Waals surface area contributed by atoms with Crippen molar-refractivity contribution in [2.75, 3.05) is 21.1 Å². The molecule has 3 heteroatoms. The van der Waals surface area contributed by atoms with Crippen LogP contribution in [0.2, 0.25) is 0 Å². The minimum absolute atomic E-state index is 0. The van der Waals surface area contributed by atoms with Gasteiger partial charge in [-0.3, -0.25) is 0 Å². The van der Waals surface area contributed by atoms with E-state index < -0.39 is 0 Å². The maximum atomic E-state index is 2.20. The van der Waals surface area contributed by atoms with E-state index in [1.165, 1.54) is 5.56 Å². The molecular formula is C10H20ClN2+. The zero-order valence-electron chi connectivity index (χ0n) is 8.66. The van der Waals surface area contributed by atoms with Crippen LogP contribution in [-0.2, 0) is 6.54 Å². The fourth-order valence-electron chi connectivity index (χ4n) is 1.13. The Morgan fingerprint density at radius 2 is 1.46 bits per heavy atom. The predicted octanol–water partition coefficient (Wildman–Crippen LogP) is 2.48. The van der Waals surface area contributed by atoms with Crippen LogP contribution >= 0.6 is 12.4 Å². The Balaban J connectivity index is 0. The van der Waals surface area contributed by atoms with Crippen LogP contribution in [0.5, 0.6) is 0 Å². The predicted molar refractivity (Wildman–Crippen MR) is 60.4 cm³/mol. The van der Waals surface area contributed by atoms with E-state index in [0.29, 0.717) is 0 Å². The van der Waals surface area contributed by atoms with E-state index in [9.17, 15) is 0 Å². The normalized spacial score (nSPS) is 9.77. The van der Waals surface area contributed by atoms with Crippen LogP contribution in [-0.4, -0.2) is 25.6 Å². The first kappa shape index (κ1) is 14.9. The molecule has 0 saturated carbocycles. The van der Waals surface area contributed by atoms with E-state index >= 15 is 0 Å². The standard InChI is InChI=1S/C10H16N.ClH.H3N/c1-11(2,3)9-10-7-5-4-6-8-10;;/h4-8H,9H2,1-3H3;1H;1H3/q+1;;. The Kier molecular flexibility index (Phi) is 6.86. The van der Waals surface area contributed by atoms with Gasteiger partial charge in [-0.05, 0) is 0 Å². The third kappa shape index (κ3) is 6.58. The Morgan fingerprint density at radius 1 is 1.00 bits per heavy atom. The van der Waals surface area contributed by atoms with Crippen LogP contribution in [0.15, 0.2) is 30.3 Å². The van der Waals surface area contributed by atoms with Crippen molar-refractivity contribution in [2.24, 2.45) is 0 Å². The monoisotopic (exact) mass is 203 g/mol. The van der Waals surface area contributed by atoms with Crippen LogP contribution < -0.4 is 6.15 Å². The van der Waals surface area contributed by atoms with E-state index in [1.807, 2.05) is 0 Å². The summed E-state index contributed by atoms with van der Waals surface area (Å²) >= 11 is 0. The van der Waals surface area contributed by atoms with Crippen LogP contribution in [0.1, 0.15) is 5.56 Å². The molecule has 0 spiro atoms. The fraction of sp³-hybridized carbons (Fsp3) is 0.400. The smallest absolute Gasteiger partial charge is 0.104 e. The summed E-state index contributed by atoms with van der Waals surface area (Å²) < 4.78 is 0.990. The molecule has 0 aliphatic heterocycles. The zero-order valence-corrected chi connectivity index (χ0v) is 9.47. The molecule has 1 aromatic carbocycles. The summed E-state index contributed by atoms with van der Waals surface area (Å²) in [5, 5.41) is 0. The van der Waals surface area contributed by atoms with Gasteiger partial charge in [0.15, 0.2) is 0 Å². The highest BCUT2D eigenvalue weighted by atomic mass is 35.5. The summed E-state index contributed by atoms with van der Waals surface area (Å²) in [4.78, 5) is 0. The molecule has 0 aliphatic carbocycles. The second-order valence-corrected chi connectivity index (χ2v) is 3.93. The summed E-state index contributed by atoms with van der Waals surface area (Å²) in [6, 6.07) is 10.6. The molecule has 0 bridgehead atoms. The Bertz CT molecular complexity index is 216. The first-order valence-corrected chi connectivity index (χ1v) is 3.92. The van der Waals surface area contributed by atoms with Crippen LogP contribution in [0.3, 0.4) is 0 Å². The number of halogens is 1. The van der Waals surface area contributed by atoms with Gasteiger partial charge in [0.25, 0.3) is 0 Å². The SMILES string of the molecule is C[N+](C)(C)Cc1ccccc1.Cl.N. The summed E-state index contributed by atoms with van der Waals surface area (Å²) in [6.07, 6.45) is 0. The molecule has 0 heterocycles. The average Bonchev–Trinajstić information content (AvgIpc) is 1.85. The molecule has 0 radical (unpaired) electrons. The van der Waals surface area contributed by atoms with Crippen molar-refractivity contribution in [3.63, 3.8) is 0 Å². The van der Waals surface area contributed by atoms with E-state index in [1.54, 1.807) is 0 Å². The molecule has 76 valence electrons. The second-order valence-electron chi connectivity index (χ2n) is 3.93. The van der Waals surface area contributed by atoms with E-state index in [2.05, 4.69) is 51.5 Å². The van der Waals surface area contributed by atoms with Crippen LogP contribution in [0, 0.1) is 0 Å². The minimum Gasteiger partial charge on any atom is -0.344 e. The second kappa shape index (κ2) is 5.97. The van der Waals surface area contributed by atoms with Gasteiger partial charge in [0.2, 0.25) is 0 Å². The van der Waals surface area contributed by atoms with Gasteiger partial charge in [0.05, 0.1) is 21.1 Å². The van der Waals surface area contributed by atoms with Crippen molar-refractivity contribution < 1.29 is 4.48 Å². The van der Waals surface area contributed by atoms with Gasteiger partial charge in [-0.2, -0.15) is 0 Å². The van der Waals surface area contributed by atoms with Crippen molar-refractivity contribution >= 4 is 12.4 Å². The number of rotatable bonds is 2. The maximum absolute atomic E-state index is 2.20. The fourth-order valence-corrected chi connectivity index (χ4v) is 1.13. The molecule has 13 heavy (non-hydrogen) atoms. The third-order valence-electron chi connectivity index (χ3n) is 1.50. The molecule has 0 aromatic heterocycles. The molecule has 0 unspecified atom stereocenters. The van der Waals surface area contributed by atoms with Gasteiger partial charge in [0.1, 0.15) is 6.54 Å². The van der Waals surface area contributed by atoms with Crippen molar-refractivity contribution in [1.82, 2.24) is 6.15 Å². The highest BCUT2D eigenvalue weighted by Crippen LogP contribution is 2.04. The van der Waals surface area contributed by atoms with Crippen LogP contribution in [0.4, 0.5) is 0 Å². The van der Waals surface area contributed by atoms with Gasteiger partial charge in [0, 0.05) is 5.56 Å². The average molecular weight is 204 g/mol. The zero-order chi connectivity index (χ0) is 8.32. The lowest BCUT2D eigenvalue weighted by atomic mass is 10.2. The van der Waals surface area contributed by atoms with Gasteiger partial charge in [-0.15, -0.1) is 12.4 Å². The number of hydrogen-bond acceptors (Lipinski definition) is 1. The highest BCUT2D eigenvalue weighted by Gasteiger charge is 2.06. The Hall–Kier alpha value is -0.570. The van der Waals surface area contributed by atoms with E-state index in [-0.39, 0.29) is 18.6 Å². The van der Waals surface area contributed by atoms with Gasteiger partial charge in [-0.25, -0.2) is 0 Å². The largest absolute Gasteiger partial charge is 0.344 e. The number of nitrogens with zero attached hydrogens (tertiary/aromatic N) is 1. The summed E-state index contributed by atoms with van der Waals surface area (Å²) in [6.45, 7) is 1.10. The van der Waals surface area contributed by atoms with Gasteiger partial charge >= 0.3 is 0 Å². The lowest BCUT2D eigenvalue weighted by molar-refractivity contribution is -0.884. The molecule has 3 N–H and O–H groups in total. The summed E-state index contributed by atoms with van der Waals surface area (Å²) in [5.41, 5.74) is 1.40. The molecule has 1 rings (SSSR count). The minimum atomic E-state index is 0. The number of quaternary nitrogens is 1. The molecule has 0 saturated heterocycles. The molecule has 0 aliphatic rings. The lowest BCUT2D eigenvalue weighted by Gasteiger charge is -2.23. The molecule has 2 nitrogen and oxygen atoms in total. The molecule has 0 amide bonds. The number of hydrogen-bond donors (Lipinski definition) is 1. The number of benzene rings is 1. The highest BCUT2D eigenvalue weighted by molar-refractivity contribution is 5.85. The molecule has 1 aromatic rings. The first-order chi connectivity index (χ1) is 5.08. The molecular weight excluding hydrogens is 184 g/mol. The van der Waals surface area contributed by atoms with Gasteiger partial charge in [-0.1, -0.05) is 30.3 Å². The maximum Gasteiger partial charge on any atom is 0.104 e.